The van der Waals surface area contributed by atoms with Crippen molar-refractivity contribution in [2.24, 2.45) is 11.1 Å². The van der Waals surface area contributed by atoms with Gasteiger partial charge in [0.25, 0.3) is 5.91 Å². The third-order valence-corrected chi connectivity index (χ3v) is 4.68. The molecule has 8 heteroatoms. The van der Waals surface area contributed by atoms with Gasteiger partial charge in [0, 0.05) is 19.7 Å². The molecular weight excluding hydrogens is 422 g/mol. The molecule has 0 atom stereocenters. The lowest BCUT2D eigenvalue weighted by molar-refractivity contribution is -0.150. The zero-order chi connectivity index (χ0) is 24.8. The Morgan fingerprint density at radius 1 is 1.00 bits per heavy atom. The first-order valence-corrected chi connectivity index (χ1v) is 10.5. The molecule has 176 valence electrons. The SMILES string of the molecule is CN(C)C(=O)COC(=O)Cc1ccc(OC(=O)c2ccc(C(=N)N)cc2)c(CC(C)(C)C)c1. The lowest BCUT2D eigenvalue weighted by Gasteiger charge is -2.21. The number of hydrogen-bond donors (Lipinski definition) is 2. The van der Waals surface area contributed by atoms with E-state index in [1.54, 1.807) is 50.5 Å². The summed E-state index contributed by atoms with van der Waals surface area (Å²) in [6.07, 6.45) is 0.611. The predicted molar refractivity (Wildman–Crippen MR) is 125 cm³/mol. The quantitative estimate of drug-likeness (QED) is 0.274. The molecule has 0 aliphatic carbocycles. The van der Waals surface area contributed by atoms with E-state index in [0.717, 1.165) is 5.56 Å². The van der Waals surface area contributed by atoms with Gasteiger partial charge in [-0.15, -0.1) is 0 Å². The van der Waals surface area contributed by atoms with E-state index < -0.39 is 11.9 Å². The second-order valence-electron chi connectivity index (χ2n) is 9.19. The average Bonchev–Trinajstić information content (AvgIpc) is 2.72. The highest BCUT2D eigenvalue weighted by atomic mass is 16.5. The molecule has 0 unspecified atom stereocenters. The summed E-state index contributed by atoms with van der Waals surface area (Å²) in [6, 6.07) is 11.5. The van der Waals surface area contributed by atoms with Gasteiger partial charge in [-0.1, -0.05) is 45.0 Å². The van der Waals surface area contributed by atoms with Crippen LogP contribution in [0.5, 0.6) is 5.75 Å². The van der Waals surface area contributed by atoms with Gasteiger partial charge in [-0.2, -0.15) is 0 Å². The van der Waals surface area contributed by atoms with E-state index in [-0.39, 0.29) is 30.2 Å². The van der Waals surface area contributed by atoms with Crippen molar-refractivity contribution in [2.45, 2.75) is 33.6 Å². The summed E-state index contributed by atoms with van der Waals surface area (Å²) in [4.78, 5) is 37.8. The van der Waals surface area contributed by atoms with Crippen molar-refractivity contribution in [3.63, 3.8) is 0 Å². The fourth-order valence-corrected chi connectivity index (χ4v) is 2.99. The van der Waals surface area contributed by atoms with Crippen LogP contribution < -0.4 is 10.5 Å². The normalized spacial score (nSPS) is 10.9. The molecule has 0 saturated heterocycles. The Kier molecular flexibility index (Phi) is 8.34. The van der Waals surface area contributed by atoms with E-state index in [9.17, 15) is 14.4 Å². The number of likely N-dealkylation sites (N-methyl/N-ethyl adjacent to an activating group) is 1. The predicted octanol–water partition coefficient (Wildman–Crippen LogP) is 2.95. The van der Waals surface area contributed by atoms with E-state index in [4.69, 9.17) is 20.6 Å². The number of nitrogens with two attached hydrogens (primary N) is 1. The number of carbonyl (C=O) groups excluding carboxylic acids is 3. The van der Waals surface area contributed by atoms with Crippen LogP contribution in [0.25, 0.3) is 0 Å². The molecule has 0 saturated carbocycles. The monoisotopic (exact) mass is 453 g/mol. The Labute approximate surface area is 194 Å². The fourth-order valence-electron chi connectivity index (χ4n) is 2.99. The van der Waals surface area contributed by atoms with Crippen molar-refractivity contribution < 1.29 is 23.9 Å². The molecule has 3 N–H and O–H groups in total. The van der Waals surface area contributed by atoms with Crippen molar-refractivity contribution >= 4 is 23.7 Å². The highest BCUT2D eigenvalue weighted by molar-refractivity contribution is 5.97. The molecule has 2 aromatic rings. The number of nitrogens with zero attached hydrogens (tertiary/aromatic N) is 1. The van der Waals surface area contributed by atoms with Crippen LogP contribution in [0.3, 0.4) is 0 Å². The molecule has 0 heterocycles. The highest BCUT2D eigenvalue weighted by Gasteiger charge is 2.19. The first-order valence-electron chi connectivity index (χ1n) is 10.5. The number of rotatable bonds is 8. The number of carbonyl (C=O) groups is 3. The van der Waals surface area contributed by atoms with Gasteiger partial charge in [0.15, 0.2) is 6.61 Å². The first kappa shape index (κ1) is 25.6. The van der Waals surface area contributed by atoms with Crippen LogP contribution in [0.15, 0.2) is 42.5 Å². The molecule has 2 aromatic carbocycles. The van der Waals surface area contributed by atoms with Gasteiger partial charge in [-0.3, -0.25) is 15.0 Å². The van der Waals surface area contributed by atoms with Gasteiger partial charge in [-0.25, -0.2) is 4.79 Å². The van der Waals surface area contributed by atoms with Crippen molar-refractivity contribution in [1.82, 2.24) is 4.90 Å². The van der Waals surface area contributed by atoms with Gasteiger partial charge in [-0.05, 0) is 41.2 Å². The molecule has 33 heavy (non-hydrogen) atoms. The van der Waals surface area contributed by atoms with Gasteiger partial charge >= 0.3 is 11.9 Å². The Hall–Kier alpha value is -3.68. The summed E-state index contributed by atoms with van der Waals surface area (Å²) in [5.74, 6) is -1.01. The summed E-state index contributed by atoms with van der Waals surface area (Å²) in [6.45, 7) is 5.88. The topological polar surface area (TPSA) is 123 Å². The number of esters is 2. The van der Waals surface area contributed by atoms with E-state index in [2.05, 4.69) is 20.8 Å². The molecule has 0 aliphatic rings. The summed E-state index contributed by atoms with van der Waals surface area (Å²) in [5, 5.41) is 7.45. The van der Waals surface area contributed by atoms with Crippen LogP contribution in [0.1, 0.15) is 47.8 Å². The van der Waals surface area contributed by atoms with Crippen molar-refractivity contribution in [3.8, 4) is 5.75 Å². The largest absolute Gasteiger partial charge is 0.455 e. The lowest BCUT2D eigenvalue weighted by atomic mass is 9.87. The molecule has 1 amide bonds. The lowest BCUT2D eigenvalue weighted by Crippen LogP contribution is -2.27. The van der Waals surface area contributed by atoms with Crippen LogP contribution in [-0.4, -0.2) is 49.3 Å². The van der Waals surface area contributed by atoms with Crippen LogP contribution >= 0.6 is 0 Å². The third-order valence-electron chi connectivity index (χ3n) is 4.68. The molecule has 0 aliphatic heterocycles. The molecule has 0 aromatic heterocycles. The maximum Gasteiger partial charge on any atom is 0.343 e. The Morgan fingerprint density at radius 2 is 1.61 bits per heavy atom. The average molecular weight is 454 g/mol. The zero-order valence-electron chi connectivity index (χ0n) is 19.7. The third kappa shape index (κ3) is 8.07. The van der Waals surface area contributed by atoms with Gasteiger partial charge < -0.3 is 20.1 Å². The van der Waals surface area contributed by atoms with Crippen LogP contribution in [0.2, 0.25) is 0 Å². The number of nitrogen functional groups attached to an aromatic ring is 1. The van der Waals surface area contributed by atoms with Gasteiger partial charge in [0.1, 0.15) is 11.6 Å². The molecule has 0 spiro atoms. The minimum atomic E-state index is -0.533. The van der Waals surface area contributed by atoms with E-state index >= 15 is 0 Å². The van der Waals surface area contributed by atoms with E-state index in [1.165, 1.54) is 4.90 Å². The Balaban J connectivity index is 2.18. The number of benzene rings is 2. The zero-order valence-corrected chi connectivity index (χ0v) is 19.7. The first-order chi connectivity index (χ1) is 15.4. The summed E-state index contributed by atoms with van der Waals surface area (Å²) in [5.41, 5.74) is 7.69. The summed E-state index contributed by atoms with van der Waals surface area (Å²) in [7, 11) is 3.18. The number of amides is 1. The number of ether oxygens (including phenoxy) is 2. The maximum absolute atomic E-state index is 12.7. The highest BCUT2D eigenvalue weighted by Crippen LogP contribution is 2.29. The second-order valence-corrected chi connectivity index (χ2v) is 9.19. The van der Waals surface area contributed by atoms with E-state index in [1.807, 2.05) is 6.07 Å². The fraction of sp³-hybridized carbons (Fsp3) is 0.360. The Bertz CT molecular complexity index is 1040. The molecule has 0 radical (unpaired) electrons. The van der Waals surface area contributed by atoms with Crippen LogP contribution in [0.4, 0.5) is 0 Å². The number of nitrogens with one attached hydrogen (secondary N) is 1. The van der Waals surface area contributed by atoms with Crippen molar-refractivity contribution in [3.05, 3.63) is 64.7 Å². The van der Waals surface area contributed by atoms with Crippen LogP contribution in [0, 0.1) is 10.8 Å². The Morgan fingerprint density at radius 3 is 2.15 bits per heavy atom. The molecule has 0 fully saturated rings. The summed E-state index contributed by atoms with van der Waals surface area (Å²) < 4.78 is 10.7. The molecular formula is C25H31N3O5. The van der Waals surface area contributed by atoms with Gasteiger partial charge in [0.05, 0.1) is 12.0 Å². The minimum absolute atomic E-state index is 0.00140. The molecule has 2 rings (SSSR count). The second kappa shape index (κ2) is 10.8. The standard InChI is InChI=1S/C25H31N3O5/c1-25(2,3)14-19-12-16(13-22(30)32-15-21(29)28(4)5)6-11-20(19)33-24(31)18-9-7-17(8-10-18)23(26)27/h6-12H,13-15H2,1-5H3,(H3,26,27). The van der Waals surface area contributed by atoms with E-state index in [0.29, 0.717) is 28.9 Å². The molecule has 0 bridgehead atoms. The smallest absolute Gasteiger partial charge is 0.343 e. The molecule has 8 nitrogen and oxygen atoms in total. The minimum Gasteiger partial charge on any atom is -0.455 e. The summed E-state index contributed by atoms with van der Waals surface area (Å²) >= 11 is 0. The number of amidine groups is 1. The van der Waals surface area contributed by atoms with Crippen LogP contribution in [-0.2, 0) is 27.2 Å². The van der Waals surface area contributed by atoms with Gasteiger partial charge in [0.2, 0.25) is 0 Å². The van der Waals surface area contributed by atoms with Crippen molar-refractivity contribution in [2.75, 3.05) is 20.7 Å². The maximum atomic E-state index is 12.7. The van der Waals surface area contributed by atoms with Crippen molar-refractivity contribution in [1.29, 1.82) is 5.41 Å². The number of hydrogen-bond acceptors (Lipinski definition) is 6.